The third-order valence-electron chi connectivity index (χ3n) is 1.49. The fraction of sp³-hybridized carbons (Fsp3) is 1.00. The van der Waals surface area contributed by atoms with Crippen LogP contribution in [0.15, 0.2) is 0 Å². The lowest BCUT2D eigenvalue weighted by Gasteiger charge is -2.24. The second-order valence-corrected chi connectivity index (χ2v) is 6.13. The molecule has 0 aliphatic carbocycles. The highest BCUT2D eigenvalue weighted by Gasteiger charge is 2.23. The van der Waals surface area contributed by atoms with Gasteiger partial charge in [-0.3, -0.25) is 0 Å². The first-order chi connectivity index (χ1) is 5.68. The number of nitrogens with two attached hydrogens (primary N) is 1. The molecule has 0 unspecified atom stereocenters. The highest BCUT2D eigenvalue weighted by molar-refractivity contribution is 7.89. The third-order valence-corrected chi connectivity index (χ3v) is 3.46. The predicted octanol–water partition coefficient (Wildman–Crippen LogP) is 0.299. The Labute approximate surface area is 80.9 Å². The van der Waals surface area contributed by atoms with Gasteiger partial charge in [-0.05, 0) is 19.8 Å². The number of hydrogen-bond donors (Lipinski definition) is 2. The van der Waals surface area contributed by atoms with Crippen LogP contribution in [0.5, 0.6) is 0 Å². The minimum absolute atomic E-state index is 0.131. The molecule has 4 nitrogen and oxygen atoms in total. The van der Waals surface area contributed by atoms with Gasteiger partial charge in [0.1, 0.15) is 0 Å². The molecule has 0 bridgehead atoms. The van der Waals surface area contributed by atoms with Crippen molar-refractivity contribution in [2.24, 2.45) is 11.7 Å². The Bertz CT molecular complexity index is 245. The van der Waals surface area contributed by atoms with E-state index in [1.54, 1.807) is 13.8 Å². The molecule has 0 saturated carbocycles. The zero-order valence-corrected chi connectivity index (χ0v) is 9.61. The van der Waals surface area contributed by atoms with Gasteiger partial charge in [0.2, 0.25) is 10.0 Å². The number of hydrogen-bond acceptors (Lipinski definition) is 3. The molecular formula is C8H20N2O2S. The molecule has 0 aromatic carbocycles. The van der Waals surface area contributed by atoms with E-state index in [2.05, 4.69) is 4.72 Å². The highest BCUT2D eigenvalue weighted by atomic mass is 32.2. The summed E-state index contributed by atoms with van der Waals surface area (Å²) < 4.78 is 25.5. The van der Waals surface area contributed by atoms with Gasteiger partial charge >= 0.3 is 0 Å². The van der Waals surface area contributed by atoms with E-state index in [-0.39, 0.29) is 11.7 Å². The molecule has 0 amide bonds. The fourth-order valence-corrected chi connectivity index (χ4v) is 2.83. The summed E-state index contributed by atoms with van der Waals surface area (Å²) in [5, 5.41) is 0. The predicted molar refractivity (Wildman–Crippen MR) is 54.9 cm³/mol. The van der Waals surface area contributed by atoms with Gasteiger partial charge in [-0.1, -0.05) is 13.8 Å². The summed E-state index contributed by atoms with van der Waals surface area (Å²) in [5.41, 5.74) is 4.87. The van der Waals surface area contributed by atoms with Crippen LogP contribution in [0, 0.1) is 5.92 Å². The molecule has 0 rings (SSSR count). The lowest BCUT2D eigenvalue weighted by atomic mass is 10.1. The summed E-state index contributed by atoms with van der Waals surface area (Å²) in [7, 11) is -3.18. The van der Waals surface area contributed by atoms with E-state index in [4.69, 9.17) is 5.73 Å². The first kappa shape index (κ1) is 12.9. The van der Waals surface area contributed by atoms with Crippen LogP contribution in [0.3, 0.4) is 0 Å². The standard InChI is InChI=1S/C8H20N2O2S/c1-7(2)5-13(11,12)10-8(3,4)6-9/h7,10H,5-6,9H2,1-4H3. The second kappa shape index (κ2) is 4.39. The molecule has 0 spiro atoms. The molecule has 0 radical (unpaired) electrons. The molecule has 0 aliphatic rings. The molecule has 5 heteroatoms. The Morgan fingerprint density at radius 1 is 1.38 bits per heavy atom. The Morgan fingerprint density at radius 3 is 2.15 bits per heavy atom. The molecule has 3 N–H and O–H groups in total. The van der Waals surface area contributed by atoms with Crippen molar-refractivity contribution in [3.63, 3.8) is 0 Å². The van der Waals surface area contributed by atoms with Crippen LogP contribution in [0.2, 0.25) is 0 Å². The molecule has 0 saturated heterocycles. The van der Waals surface area contributed by atoms with E-state index in [0.717, 1.165) is 0 Å². The van der Waals surface area contributed by atoms with E-state index < -0.39 is 15.6 Å². The summed E-state index contributed by atoms with van der Waals surface area (Å²) in [6, 6.07) is 0. The summed E-state index contributed by atoms with van der Waals surface area (Å²) in [6.07, 6.45) is 0. The lowest BCUT2D eigenvalue weighted by molar-refractivity contribution is 0.459. The summed E-state index contributed by atoms with van der Waals surface area (Å²) in [4.78, 5) is 0. The van der Waals surface area contributed by atoms with E-state index >= 15 is 0 Å². The van der Waals surface area contributed by atoms with Crippen molar-refractivity contribution in [3.8, 4) is 0 Å². The van der Waals surface area contributed by atoms with E-state index in [9.17, 15) is 8.42 Å². The van der Waals surface area contributed by atoms with Gasteiger partial charge in [0, 0.05) is 12.1 Å². The molecule has 0 aromatic heterocycles. The van der Waals surface area contributed by atoms with Crippen LogP contribution >= 0.6 is 0 Å². The van der Waals surface area contributed by atoms with Crippen molar-refractivity contribution in [1.29, 1.82) is 0 Å². The first-order valence-corrected chi connectivity index (χ1v) is 6.05. The Hall–Kier alpha value is -0.130. The van der Waals surface area contributed by atoms with Crippen LogP contribution in [0.1, 0.15) is 27.7 Å². The Balaban J connectivity index is 4.35. The van der Waals surface area contributed by atoms with Gasteiger partial charge < -0.3 is 5.73 Å². The molecular weight excluding hydrogens is 188 g/mol. The molecule has 0 aromatic rings. The average Bonchev–Trinajstić information content (AvgIpc) is 1.81. The van der Waals surface area contributed by atoms with Crippen molar-refractivity contribution in [1.82, 2.24) is 4.72 Å². The summed E-state index contributed by atoms with van der Waals surface area (Å²) in [6.45, 7) is 7.57. The van der Waals surface area contributed by atoms with Crippen molar-refractivity contribution >= 4 is 10.0 Å². The molecule has 0 aliphatic heterocycles. The maximum absolute atomic E-state index is 11.4. The second-order valence-electron chi connectivity index (χ2n) is 4.37. The minimum Gasteiger partial charge on any atom is -0.329 e. The van der Waals surface area contributed by atoms with Crippen molar-refractivity contribution < 1.29 is 8.42 Å². The zero-order valence-electron chi connectivity index (χ0n) is 8.79. The van der Waals surface area contributed by atoms with Gasteiger partial charge in [-0.25, -0.2) is 13.1 Å². The molecule has 0 fully saturated rings. The highest BCUT2D eigenvalue weighted by Crippen LogP contribution is 2.05. The maximum Gasteiger partial charge on any atom is 0.212 e. The van der Waals surface area contributed by atoms with E-state index in [0.29, 0.717) is 6.54 Å². The molecule has 13 heavy (non-hydrogen) atoms. The van der Waals surface area contributed by atoms with Gasteiger partial charge in [0.25, 0.3) is 0 Å². The molecule has 80 valence electrons. The van der Waals surface area contributed by atoms with Gasteiger partial charge in [0.05, 0.1) is 5.75 Å². The van der Waals surface area contributed by atoms with Crippen LogP contribution in [0.25, 0.3) is 0 Å². The van der Waals surface area contributed by atoms with Gasteiger partial charge in [-0.15, -0.1) is 0 Å². The number of sulfonamides is 1. The third kappa shape index (κ3) is 6.01. The summed E-state index contributed by atoms with van der Waals surface area (Å²) >= 11 is 0. The quantitative estimate of drug-likeness (QED) is 0.682. The zero-order chi connectivity index (χ0) is 10.7. The van der Waals surface area contributed by atoms with Crippen LogP contribution < -0.4 is 10.5 Å². The maximum atomic E-state index is 11.4. The SMILES string of the molecule is CC(C)CS(=O)(=O)NC(C)(C)CN. The smallest absolute Gasteiger partial charge is 0.212 e. The number of nitrogens with one attached hydrogen (secondary N) is 1. The Morgan fingerprint density at radius 2 is 1.85 bits per heavy atom. The van der Waals surface area contributed by atoms with Crippen LogP contribution in [-0.2, 0) is 10.0 Å². The number of rotatable bonds is 5. The Kier molecular flexibility index (Phi) is 4.35. The molecule has 0 atom stereocenters. The summed E-state index contributed by atoms with van der Waals surface area (Å²) in [5.74, 6) is 0.280. The van der Waals surface area contributed by atoms with Crippen molar-refractivity contribution in [2.75, 3.05) is 12.3 Å². The lowest BCUT2D eigenvalue weighted by Crippen LogP contribution is -2.49. The normalized spacial score (nSPS) is 13.7. The largest absolute Gasteiger partial charge is 0.329 e. The first-order valence-electron chi connectivity index (χ1n) is 4.40. The van der Waals surface area contributed by atoms with Gasteiger partial charge in [-0.2, -0.15) is 0 Å². The van der Waals surface area contributed by atoms with Gasteiger partial charge in [0.15, 0.2) is 0 Å². The minimum atomic E-state index is -3.18. The van der Waals surface area contributed by atoms with Crippen molar-refractivity contribution in [2.45, 2.75) is 33.2 Å². The van der Waals surface area contributed by atoms with Crippen LogP contribution in [-0.4, -0.2) is 26.3 Å². The monoisotopic (exact) mass is 208 g/mol. The fourth-order valence-electron chi connectivity index (χ4n) is 0.943. The molecule has 0 heterocycles. The average molecular weight is 208 g/mol. The van der Waals surface area contributed by atoms with Crippen LogP contribution in [0.4, 0.5) is 0 Å². The van der Waals surface area contributed by atoms with Crippen molar-refractivity contribution in [3.05, 3.63) is 0 Å². The van der Waals surface area contributed by atoms with E-state index in [1.807, 2.05) is 13.8 Å². The van der Waals surface area contributed by atoms with E-state index in [1.165, 1.54) is 0 Å². The topological polar surface area (TPSA) is 72.2 Å².